The fourth-order valence-corrected chi connectivity index (χ4v) is 1.75. The maximum atomic E-state index is 4.61. The maximum Gasteiger partial charge on any atom is 0.109 e. The van der Waals surface area contributed by atoms with Gasteiger partial charge in [0.1, 0.15) is 5.82 Å². The lowest BCUT2D eigenvalue weighted by atomic mass is 10.2. The van der Waals surface area contributed by atoms with Gasteiger partial charge in [-0.2, -0.15) is 0 Å². The summed E-state index contributed by atoms with van der Waals surface area (Å²) in [7, 11) is 2.10. The van der Waals surface area contributed by atoms with Gasteiger partial charge in [0.2, 0.25) is 0 Å². The molecule has 1 heterocycles. The molecule has 0 amide bonds. The smallest absolute Gasteiger partial charge is 0.109 e. The van der Waals surface area contributed by atoms with Gasteiger partial charge < -0.3 is 4.57 Å². The van der Waals surface area contributed by atoms with Crippen molar-refractivity contribution in [3.8, 4) is 0 Å². The van der Waals surface area contributed by atoms with Gasteiger partial charge in [-0.25, -0.2) is 4.98 Å². The second kappa shape index (κ2) is 3.82. The Balaban J connectivity index is 2.41. The fourth-order valence-electron chi connectivity index (χ4n) is 1.75. The van der Waals surface area contributed by atoms with Crippen LogP contribution < -0.4 is 0 Å². The van der Waals surface area contributed by atoms with Crippen LogP contribution in [0.3, 0.4) is 0 Å². The third-order valence-corrected chi connectivity index (χ3v) is 2.63. The molecule has 1 aromatic heterocycles. The Bertz CT molecular complexity index is 429. The summed E-state index contributed by atoms with van der Waals surface area (Å²) in [6, 6.07) is 8.30. The Kier molecular flexibility index (Phi) is 2.53. The predicted octanol–water partition coefficient (Wildman–Crippen LogP) is 2.92. The van der Waals surface area contributed by atoms with Crippen LogP contribution in [0, 0.1) is 0 Å². The molecule has 0 saturated heterocycles. The van der Waals surface area contributed by atoms with Crippen LogP contribution in [0.15, 0.2) is 24.3 Å². The molecule has 0 unspecified atom stereocenters. The summed E-state index contributed by atoms with van der Waals surface area (Å²) < 4.78 is 2.20. The van der Waals surface area contributed by atoms with Crippen LogP contribution in [-0.2, 0) is 13.5 Å². The van der Waals surface area contributed by atoms with Crippen LogP contribution in [0.25, 0.3) is 11.0 Å². The van der Waals surface area contributed by atoms with Gasteiger partial charge in [0.05, 0.1) is 11.0 Å². The zero-order chi connectivity index (χ0) is 9.97. The Morgan fingerprint density at radius 1 is 1.29 bits per heavy atom. The average Bonchev–Trinajstić information content (AvgIpc) is 2.54. The quantitative estimate of drug-likeness (QED) is 0.724. The summed E-state index contributed by atoms with van der Waals surface area (Å²) in [4.78, 5) is 4.61. The van der Waals surface area contributed by atoms with Crippen LogP contribution in [-0.4, -0.2) is 9.55 Å². The van der Waals surface area contributed by atoms with Gasteiger partial charge in [-0.15, -0.1) is 0 Å². The number of hydrogen-bond donors (Lipinski definition) is 0. The Labute approximate surface area is 84.6 Å². The van der Waals surface area contributed by atoms with Gasteiger partial charge >= 0.3 is 0 Å². The number of nitrogens with zero attached hydrogens (tertiary/aromatic N) is 2. The number of rotatable bonds is 3. The number of benzene rings is 1. The SMILES string of the molecule is CCCCc1nc2ccccc2n1C. The van der Waals surface area contributed by atoms with Gasteiger partial charge in [-0.05, 0) is 18.6 Å². The molecule has 2 nitrogen and oxygen atoms in total. The molecular weight excluding hydrogens is 172 g/mol. The minimum Gasteiger partial charge on any atom is -0.331 e. The Morgan fingerprint density at radius 3 is 2.79 bits per heavy atom. The normalized spacial score (nSPS) is 11.0. The van der Waals surface area contributed by atoms with Crippen molar-refractivity contribution in [1.29, 1.82) is 0 Å². The van der Waals surface area contributed by atoms with Gasteiger partial charge in [0, 0.05) is 13.5 Å². The highest BCUT2D eigenvalue weighted by Crippen LogP contribution is 2.15. The van der Waals surface area contributed by atoms with Crippen LogP contribution in [0.2, 0.25) is 0 Å². The van der Waals surface area contributed by atoms with Crippen molar-refractivity contribution in [3.05, 3.63) is 30.1 Å². The first kappa shape index (κ1) is 9.25. The van der Waals surface area contributed by atoms with E-state index in [4.69, 9.17) is 0 Å². The molecule has 0 aliphatic carbocycles. The molecule has 0 saturated carbocycles. The van der Waals surface area contributed by atoms with Gasteiger partial charge in [0.25, 0.3) is 0 Å². The molecule has 0 N–H and O–H groups in total. The van der Waals surface area contributed by atoms with E-state index in [1.54, 1.807) is 0 Å². The van der Waals surface area contributed by atoms with Gasteiger partial charge in [0.15, 0.2) is 0 Å². The van der Waals surface area contributed by atoms with E-state index in [9.17, 15) is 0 Å². The summed E-state index contributed by atoms with van der Waals surface area (Å²) in [5, 5.41) is 0. The maximum absolute atomic E-state index is 4.61. The highest BCUT2D eigenvalue weighted by molar-refractivity contribution is 5.75. The van der Waals surface area contributed by atoms with E-state index >= 15 is 0 Å². The molecule has 1 aromatic carbocycles. The first-order valence-corrected chi connectivity index (χ1v) is 5.23. The minimum absolute atomic E-state index is 1.08. The molecule has 0 radical (unpaired) electrons. The summed E-state index contributed by atoms with van der Waals surface area (Å²) >= 11 is 0. The summed E-state index contributed by atoms with van der Waals surface area (Å²) in [6.07, 6.45) is 3.53. The van der Waals surface area contributed by atoms with Crippen molar-refractivity contribution in [3.63, 3.8) is 0 Å². The molecule has 2 heteroatoms. The first-order chi connectivity index (χ1) is 6.83. The van der Waals surface area contributed by atoms with Crippen molar-refractivity contribution in [2.75, 3.05) is 0 Å². The van der Waals surface area contributed by atoms with Crippen molar-refractivity contribution < 1.29 is 0 Å². The Hall–Kier alpha value is -1.31. The topological polar surface area (TPSA) is 17.8 Å². The molecule has 74 valence electrons. The van der Waals surface area contributed by atoms with Gasteiger partial charge in [-0.3, -0.25) is 0 Å². The zero-order valence-electron chi connectivity index (χ0n) is 8.83. The molecule has 0 aliphatic heterocycles. The van der Waals surface area contributed by atoms with Gasteiger partial charge in [-0.1, -0.05) is 25.5 Å². The fraction of sp³-hybridized carbons (Fsp3) is 0.417. The van der Waals surface area contributed by atoms with Crippen molar-refractivity contribution in [1.82, 2.24) is 9.55 Å². The average molecular weight is 188 g/mol. The molecule has 0 atom stereocenters. The van der Waals surface area contributed by atoms with Crippen LogP contribution in [0.5, 0.6) is 0 Å². The largest absolute Gasteiger partial charge is 0.331 e. The lowest BCUT2D eigenvalue weighted by Crippen LogP contribution is -1.97. The number of aryl methyl sites for hydroxylation is 2. The minimum atomic E-state index is 1.08. The third kappa shape index (κ3) is 1.52. The highest BCUT2D eigenvalue weighted by Gasteiger charge is 2.05. The van der Waals surface area contributed by atoms with Crippen LogP contribution >= 0.6 is 0 Å². The van der Waals surface area contributed by atoms with E-state index in [2.05, 4.69) is 41.7 Å². The summed E-state index contributed by atoms with van der Waals surface area (Å²) in [5.41, 5.74) is 2.35. The highest BCUT2D eigenvalue weighted by atomic mass is 15.1. The molecule has 0 bridgehead atoms. The lowest BCUT2D eigenvalue weighted by Gasteiger charge is -2.00. The number of unbranched alkanes of at least 4 members (excludes halogenated alkanes) is 1. The van der Waals surface area contributed by atoms with Crippen molar-refractivity contribution >= 4 is 11.0 Å². The standard InChI is InChI=1S/C12H16N2/c1-3-4-9-12-13-10-7-5-6-8-11(10)14(12)2/h5-8H,3-4,9H2,1-2H3. The summed E-state index contributed by atoms with van der Waals surface area (Å²) in [5.74, 6) is 1.20. The van der Waals surface area contributed by atoms with E-state index in [-0.39, 0.29) is 0 Å². The van der Waals surface area contributed by atoms with Crippen molar-refractivity contribution in [2.24, 2.45) is 7.05 Å². The van der Waals surface area contributed by atoms with Crippen molar-refractivity contribution in [2.45, 2.75) is 26.2 Å². The van der Waals surface area contributed by atoms with E-state index in [0.29, 0.717) is 0 Å². The van der Waals surface area contributed by atoms with E-state index < -0.39 is 0 Å². The molecular formula is C12H16N2. The molecule has 0 fully saturated rings. The summed E-state index contributed by atoms with van der Waals surface area (Å²) in [6.45, 7) is 2.21. The van der Waals surface area contributed by atoms with Crippen LogP contribution in [0.4, 0.5) is 0 Å². The molecule has 2 rings (SSSR count). The number of hydrogen-bond acceptors (Lipinski definition) is 1. The van der Waals surface area contributed by atoms with E-state index in [1.807, 2.05) is 6.07 Å². The molecule has 0 spiro atoms. The molecule has 14 heavy (non-hydrogen) atoms. The predicted molar refractivity (Wildman–Crippen MR) is 59.3 cm³/mol. The monoisotopic (exact) mass is 188 g/mol. The second-order valence-corrected chi connectivity index (χ2v) is 3.68. The lowest BCUT2D eigenvalue weighted by molar-refractivity contribution is 0.720. The number of fused-ring (bicyclic) bond motifs is 1. The third-order valence-electron chi connectivity index (χ3n) is 2.63. The number of aromatic nitrogens is 2. The number of imidazole rings is 1. The second-order valence-electron chi connectivity index (χ2n) is 3.68. The molecule has 0 aliphatic rings. The first-order valence-electron chi connectivity index (χ1n) is 5.23. The van der Waals surface area contributed by atoms with Crippen LogP contribution in [0.1, 0.15) is 25.6 Å². The zero-order valence-corrected chi connectivity index (χ0v) is 8.83. The Morgan fingerprint density at radius 2 is 2.07 bits per heavy atom. The number of para-hydroxylation sites is 2. The molecule has 2 aromatic rings. The van der Waals surface area contributed by atoms with E-state index in [1.165, 1.54) is 24.2 Å². The van der Waals surface area contributed by atoms with E-state index in [0.717, 1.165) is 11.9 Å².